The second kappa shape index (κ2) is 6.89. The highest BCUT2D eigenvalue weighted by Gasteiger charge is 2.23. The quantitative estimate of drug-likeness (QED) is 0.763. The van der Waals surface area contributed by atoms with Gasteiger partial charge in [-0.3, -0.25) is 13.6 Å². The molecule has 5 nitrogen and oxygen atoms in total. The van der Waals surface area contributed by atoms with Crippen LogP contribution in [-0.4, -0.2) is 18.8 Å². The van der Waals surface area contributed by atoms with Crippen LogP contribution in [0.3, 0.4) is 0 Å². The first-order valence-corrected chi connectivity index (χ1v) is 6.73. The highest BCUT2D eigenvalue weighted by molar-refractivity contribution is 7.48. The molecular weight excluding hydrogens is 243 g/mol. The van der Waals surface area contributed by atoms with E-state index >= 15 is 0 Å². The number of hydrogen-bond donors (Lipinski definition) is 1. The smallest absolute Gasteiger partial charge is 0.392 e. The molecule has 0 bridgehead atoms. The van der Waals surface area contributed by atoms with Crippen molar-refractivity contribution in [3.63, 3.8) is 0 Å². The van der Waals surface area contributed by atoms with E-state index in [1.165, 1.54) is 7.11 Å². The molecule has 1 rings (SSSR count). The summed E-state index contributed by atoms with van der Waals surface area (Å²) in [5.74, 6) is 0. The molecule has 0 aliphatic rings. The van der Waals surface area contributed by atoms with E-state index in [9.17, 15) is 4.57 Å². The minimum absolute atomic E-state index is 0.00333. The van der Waals surface area contributed by atoms with Crippen LogP contribution < -0.4 is 0 Å². The Morgan fingerprint density at radius 1 is 1.18 bits per heavy atom. The molecule has 0 amide bonds. The topological polar surface area (TPSA) is 65.0 Å². The van der Waals surface area contributed by atoms with Crippen molar-refractivity contribution < 1.29 is 23.2 Å². The molecule has 1 unspecified atom stereocenters. The van der Waals surface area contributed by atoms with Crippen LogP contribution in [0.1, 0.15) is 18.1 Å². The van der Waals surface area contributed by atoms with Gasteiger partial charge in [0.1, 0.15) is 0 Å². The molecule has 0 fully saturated rings. The molecule has 6 heteroatoms. The van der Waals surface area contributed by atoms with Crippen molar-refractivity contribution in [3.05, 3.63) is 35.4 Å². The molecule has 0 aliphatic carbocycles. The zero-order chi connectivity index (χ0) is 12.7. The second-order valence-electron chi connectivity index (χ2n) is 3.30. The van der Waals surface area contributed by atoms with Gasteiger partial charge in [-0.25, -0.2) is 4.57 Å². The van der Waals surface area contributed by atoms with Crippen LogP contribution in [0.2, 0.25) is 0 Å². The van der Waals surface area contributed by atoms with Gasteiger partial charge in [0, 0.05) is 7.11 Å². The van der Waals surface area contributed by atoms with Crippen LogP contribution in [0.25, 0.3) is 0 Å². The summed E-state index contributed by atoms with van der Waals surface area (Å²) >= 11 is 0. The van der Waals surface area contributed by atoms with E-state index in [1.54, 1.807) is 31.2 Å². The Bertz CT molecular complexity index is 376. The first kappa shape index (κ1) is 14.4. The molecule has 0 aromatic heterocycles. The van der Waals surface area contributed by atoms with Crippen LogP contribution in [0.5, 0.6) is 0 Å². The Labute approximate surface area is 101 Å². The minimum atomic E-state index is -3.43. The predicted molar refractivity (Wildman–Crippen MR) is 63.4 cm³/mol. The molecule has 0 saturated heterocycles. The van der Waals surface area contributed by atoms with Gasteiger partial charge in [0.2, 0.25) is 0 Å². The van der Waals surface area contributed by atoms with Gasteiger partial charge in [0.15, 0.2) is 0 Å². The molecule has 1 atom stereocenters. The number of phosphoric acid groups is 1. The van der Waals surface area contributed by atoms with Gasteiger partial charge in [0.25, 0.3) is 0 Å². The highest BCUT2D eigenvalue weighted by atomic mass is 31.2. The van der Waals surface area contributed by atoms with Crippen molar-refractivity contribution in [2.45, 2.75) is 20.1 Å². The Balaban J connectivity index is 2.56. The third kappa shape index (κ3) is 4.58. The van der Waals surface area contributed by atoms with Crippen LogP contribution in [0.4, 0.5) is 0 Å². The number of aliphatic hydroxyl groups excluding tert-OH is 1. The van der Waals surface area contributed by atoms with E-state index in [0.29, 0.717) is 0 Å². The fourth-order valence-corrected chi connectivity index (χ4v) is 2.10. The van der Waals surface area contributed by atoms with E-state index in [2.05, 4.69) is 0 Å². The zero-order valence-corrected chi connectivity index (χ0v) is 10.9. The molecule has 0 radical (unpaired) electrons. The molecule has 17 heavy (non-hydrogen) atoms. The summed E-state index contributed by atoms with van der Waals surface area (Å²) in [6.07, 6.45) is 0. The van der Waals surface area contributed by atoms with Gasteiger partial charge in [0.05, 0.1) is 19.8 Å². The van der Waals surface area contributed by atoms with E-state index in [4.69, 9.17) is 18.7 Å². The Kier molecular flexibility index (Phi) is 5.82. The molecular formula is C11H17O5P. The summed E-state index contributed by atoms with van der Waals surface area (Å²) in [6, 6.07) is 7.13. The van der Waals surface area contributed by atoms with Crippen molar-refractivity contribution in [1.82, 2.24) is 0 Å². The highest BCUT2D eigenvalue weighted by Crippen LogP contribution is 2.49. The number of aliphatic hydroxyl groups is 1. The van der Waals surface area contributed by atoms with E-state index in [-0.39, 0.29) is 19.8 Å². The number of phosphoric ester groups is 1. The molecule has 1 aromatic rings. The maximum absolute atomic E-state index is 11.8. The summed E-state index contributed by atoms with van der Waals surface area (Å²) in [6.45, 7) is 2.10. The Morgan fingerprint density at radius 2 is 1.76 bits per heavy atom. The third-order valence-corrected chi connectivity index (χ3v) is 3.57. The zero-order valence-electron chi connectivity index (χ0n) is 9.96. The van der Waals surface area contributed by atoms with Gasteiger partial charge >= 0.3 is 7.82 Å². The van der Waals surface area contributed by atoms with Gasteiger partial charge in [-0.05, 0) is 18.1 Å². The van der Waals surface area contributed by atoms with E-state index in [0.717, 1.165) is 11.1 Å². The second-order valence-corrected chi connectivity index (χ2v) is 5.07. The van der Waals surface area contributed by atoms with Gasteiger partial charge in [-0.1, -0.05) is 24.3 Å². The van der Waals surface area contributed by atoms with Gasteiger partial charge in [-0.2, -0.15) is 0 Å². The van der Waals surface area contributed by atoms with Crippen LogP contribution in [-0.2, 0) is 31.4 Å². The number of rotatable bonds is 7. The standard InChI is InChI=1S/C11H17O5P/c1-3-15-17(13,14-2)16-9-11-6-4-10(8-12)5-7-11/h4-7,12H,3,8-9H2,1-2H3. The van der Waals surface area contributed by atoms with Gasteiger partial charge in [-0.15, -0.1) is 0 Å². The lowest BCUT2D eigenvalue weighted by atomic mass is 10.1. The Morgan fingerprint density at radius 3 is 2.24 bits per heavy atom. The van der Waals surface area contributed by atoms with Crippen molar-refractivity contribution >= 4 is 7.82 Å². The lowest BCUT2D eigenvalue weighted by molar-refractivity contribution is 0.130. The summed E-state index contributed by atoms with van der Waals surface area (Å²) in [7, 11) is -2.15. The minimum Gasteiger partial charge on any atom is -0.392 e. The van der Waals surface area contributed by atoms with Crippen molar-refractivity contribution in [2.24, 2.45) is 0 Å². The number of hydrogen-bond acceptors (Lipinski definition) is 5. The van der Waals surface area contributed by atoms with Crippen LogP contribution >= 0.6 is 7.82 Å². The van der Waals surface area contributed by atoms with E-state index < -0.39 is 7.82 Å². The lowest BCUT2D eigenvalue weighted by Crippen LogP contribution is -1.98. The van der Waals surface area contributed by atoms with Crippen molar-refractivity contribution in [1.29, 1.82) is 0 Å². The normalized spacial score (nSPS) is 14.5. The monoisotopic (exact) mass is 260 g/mol. The van der Waals surface area contributed by atoms with Gasteiger partial charge < -0.3 is 5.11 Å². The molecule has 96 valence electrons. The molecule has 0 heterocycles. The summed E-state index contributed by atoms with van der Waals surface area (Å²) in [5, 5.41) is 8.88. The average molecular weight is 260 g/mol. The largest absolute Gasteiger partial charge is 0.474 e. The first-order valence-electron chi connectivity index (χ1n) is 5.27. The fraction of sp³-hybridized carbons (Fsp3) is 0.455. The molecule has 0 saturated carbocycles. The average Bonchev–Trinajstić information content (AvgIpc) is 2.37. The van der Waals surface area contributed by atoms with Crippen molar-refractivity contribution in [3.8, 4) is 0 Å². The lowest BCUT2D eigenvalue weighted by Gasteiger charge is -2.14. The third-order valence-electron chi connectivity index (χ3n) is 2.11. The summed E-state index contributed by atoms with van der Waals surface area (Å²) < 4.78 is 26.5. The van der Waals surface area contributed by atoms with Crippen molar-refractivity contribution in [2.75, 3.05) is 13.7 Å². The molecule has 0 spiro atoms. The maximum Gasteiger partial charge on any atom is 0.474 e. The summed E-state index contributed by atoms with van der Waals surface area (Å²) in [4.78, 5) is 0. The molecule has 0 aliphatic heterocycles. The first-order chi connectivity index (χ1) is 8.13. The predicted octanol–water partition coefficient (Wildman–Crippen LogP) is 2.49. The Hall–Kier alpha value is -0.710. The molecule has 1 aromatic carbocycles. The van der Waals surface area contributed by atoms with E-state index in [1.807, 2.05) is 0 Å². The van der Waals surface area contributed by atoms with Crippen LogP contribution in [0, 0.1) is 0 Å². The van der Waals surface area contributed by atoms with Crippen LogP contribution in [0.15, 0.2) is 24.3 Å². The molecule has 1 N–H and O–H groups in total. The maximum atomic E-state index is 11.8. The number of benzene rings is 1. The fourth-order valence-electron chi connectivity index (χ4n) is 1.20. The SMILES string of the molecule is CCOP(=O)(OC)OCc1ccc(CO)cc1. The summed E-state index contributed by atoms with van der Waals surface area (Å²) in [5.41, 5.74) is 1.65.